The van der Waals surface area contributed by atoms with Gasteiger partial charge in [-0.1, -0.05) is 12.1 Å². The van der Waals surface area contributed by atoms with E-state index in [1.165, 1.54) is 7.11 Å². The lowest BCUT2D eigenvalue weighted by atomic mass is 10.1. The average Bonchev–Trinajstić information content (AvgIpc) is 2.43. The minimum atomic E-state index is -1.01. The van der Waals surface area contributed by atoms with Crippen molar-refractivity contribution in [3.8, 4) is 0 Å². The quantitative estimate of drug-likeness (QED) is 0.810. The summed E-state index contributed by atoms with van der Waals surface area (Å²) in [6.07, 6.45) is 1.55. The van der Waals surface area contributed by atoms with Gasteiger partial charge in [-0.05, 0) is 17.5 Å². The standard InChI is InChI=1S/C13H12N2O4/c1-19-13(18)9-4-2-3-8-5-6-14-12(11(8)9)15-7-10(16)17/h2-6H,7H2,1H3,(H,14,15)(H,16,17). The number of aliphatic carboxylic acids is 1. The smallest absolute Gasteiger partial charge is 0.338 e. The first-order chi connectivity index (χ1) is 9.13. The molecule has 0 unspecified atom stereocenters. The number of hydrogen-bond donors (Lipinski definition) is 2. The summed E-state index contributed by atoms with van der Waals surface area (Å²) in [4.78, 5) is 26.4. The number of carbonyl (C=O) groups is 2. The zero-order chi connectivity index (χ0) is 13.8. The molecule has 0 aliphatic rings. The Balaban J connectivity index is 2.57. The first-order valence-electron chi connectivity index (χ1n) is 5.55. The van der Waals surface area contributed by atoms with Crippen molar-refractivity contribution in [2.24, 2.45) is 0 Å². The fourth-order valence-electron chi connectivity index (χ4n) is 1.80. The monoisotopic (exact) mass is 260 g/mol. The van der Waals surface area contributed by atoms with E-state index in [-0.39, 0.29) is 6.54 Å². The van der Waals surface area contributed by atoms with Crippen LogP contribution in [0.15, 0.2) is 30.5 Å². The Kier molecular flexibility index (Phi) is 3.61. The lowest BCUT2D eigenvalue weighted by Crippen LogP contribution is -2.14. The van der Waals surface area contributed by atoms with Gasteiger partial charge in [0.15, 0.2) is 0 Å². The third kappa shape index (κ3) is 2.62. The third-order valence-corrected chi connectivity index (χ3v) is 2.60. The predicted molar refractivity (Wildman–Crippen MR) is 69.2 cm³/mol. The molecule has 1 aromatic heterocycles. The Morgan fingerprint density at radius 2 is 2.16 bits per heavy atom. The first-order valence-corrected chi connectivity index (χ1v) is 5.55. The number of benzene rings is 1. The maximum atomic E-state index is 11.7. The van der Waals surface area contributed by atoms with Crippen LogP contribution >= 0.6 is 0 Å². The Bertz CT molecular complexity index is 634. The summed E-state index contributed by atoms with van der Waals surface area (Å²) in [5.74, 6) is -1.15. The van der Waals surface area contributed by atoms with Crippen molar-refractivity contribution in [1.82, 2.24) is 4.98 Å². The summed E-state index contributed by atoms with van der Waals surface area (Å²) in [5, 5.41) is 12.7. The number of rotatable bonds is 4. The van der Waals surface area contributed by atoms with Crippen molar-refractivity contribution in [3.05, 3.63) is 36.0 Å². The van der Waals surface area contributed by atoms with E-state index < -0.39 is 11.9 Å². The van der Waals surface area contributed by atoms with Crippen LogP contribution in [-0.2, 0) is 9.53 Å². The fourth-order valence-corrected chi connectivity index (χ4v) is 1.80. The maximum Gasteiger partial charge on any atom is 0.338 e. The van der Waals surface area contributed by atoms with Crippen LogP contribution < -0.4 is 5.32 Å². The lowest BCUT2D eigenvalue weighted by Gasteiger charge is -2.10. The Labute approximate surface area is 109 Å². The highest BCUT2D eigenvalue weighted by Gasteiger charge is 2.14. The van der Waals surface area contributed by atoms with Crippen LogP contribution in [0.1, 0.15) is 10.4 Å². The number of hydrogen-bond acceptors (Lipinski definition) is 5. The van der Waals surface area contributed by atoms with E-state index in [0.29, 0.717) is 16.8 Å². The van der Waals surface area contributed by atoms with Gasteiger partial charge in [0.05, 0.1) is 12.7 Å². The molecule has 19 heavy (non-hydrogen) atoms. The number of ether oxygens (including phenoxy) is 1. The summed E-state index contributed by atoms with van der Waals surface area (Å²) in [6.45, 7) is -0.276. The van der Waals surface area contributed by atoms with Crippen molar-refractivity contribution in [3.63, 3.8) is 0 Å². The van der Waals surface area contributed by atoms with Crippen LogP contribution in [0.4, 0.5) is 5.82 Å². The summed E-state index contributed by atoms with van der Waals surface area (Å²) in [7, 11) is 1.29. The molecule has 1 heterocycles. The zero-order valence-electron chi connectivity index (χ0n) is 10.2. The largest absolute Gasteiger partial charge is 0.480 e. The SMILES string of the molecule is COC(=O)c1cccc2ccnc(NCC(=O)O)c12. The van der Waals surface area contributed by atoms with Crippen molar-refractivity contribution in [2.75, 3.05) is 19.0 Å². The normalized spacial score (nSPS) is 10.2. The molecule has 0 fully saturated rings. The molecule has 2 rings (SSSR count). The van der Waals surface area contributed by atoms with E-state index in [4.69, 9.17) is 9.84 Å². The van der Waals surface area contributed by atoms with Crippen molar-refractivity contribution in [1.29, 1.82) is 0 Å². The summed E-state index contributed by atoms with van der Waals surface area (Å²) in [6, 6.07) is 6.90. The van der Waals surface area contributed by atoms with E-state index >= 15 is 0 Å². The number of methoxy groups -OCH3 is 1. The number of nitrogens with zero attached hydrogens (tertiary/aromatic N) is 1. The number of carboxylic acid groups (broad SMARTS) is 1. The molecule has 6 heteroatoms. The topological polar surface area (TPSA) is 88.5 Å². The average molecular weight is 260 g/mol. The number of pyridine rings is 1. The highest BCUT2D eigenvalue weighted by molar-refractivity contribution is 6.08. The van der Waals surface area contributed by atoms with Gasteiger partial charge < -0.3 is 15.2 Å². The van der Waals surface area contributed by atoms with Crippen LogP contribution in [0, 0.1) is 0 Å². The van der Waals surface area contributed by atoms with E-state index in [1.807, 2.05) is 6.07 Å². The van der Waals surface area contributed by atoms with E-state index in [9.17, 15) is 9.59 Å². The maximum absolute atomic E-state index is 11.7. The molecule has 2 N–H and O–H groups in total. The second kappa shape index (κ2) is 5.34. The highest BCUT2D eigenvalue weighted by Crippen LogP contribution is 2.25. The highest BCUT2D eigenvalue weighted by atomic mass is 16.5. The third-order valence-electron chi connectivity index (χ3n) is 2.60. The van der Waals surface area contributed by atoms with Gasteiger partial charge in [-0.25, -0.2) is 9.78 Å². The molecule has 98 valence electrons. The van der Waals surface area contributed by atoms with Gasteiger partial charge in [-0.3, -0.25) is 4.79 Å². The number of esters is 1. The number of aromatic nitrogens is 1. The molecule has 0 saturated carbocycles. The van der Waals surface area contributed by atoms with Gasteiger partial charge in [-0.15, -0.1) is 0 Å². The molecular weight excluding hydrogens is 248 g/mol. The van der Waals surface area contributed by atoms with Gasteiger partial charge in [-0.2, -0.15) is 0 Å². The van der Waals surface area contributed by atoms with Crippen molar-refractivity contribution >= 4 is 28.5 Å². The Morgan fingerprint density at radius 3 is 2.84 bits per heavy atom. The number of nitrogens with one attached hydrogen (secondary N) is 1. The summed E-state index contributed by atoms with van der Waals surface area (Å²) >= 11 is 0. The second-order valence-corrected chi connectivity index (χ2v) is 3.80. The minimum Gasteiger partial charge on any atom is -0.480 e. The first kappa shape index (κ1) is 12.8. The van der Waals surface area contributed by atoms with E-state index in [0.717, 1.165) is 5.39 Å². The van der Waals surface area contributed by atoms with Gasteiger partial charge in [0.1, 0.15) is 12.4 Å². The zero-order valence-corrected chi connectivity index (χ0v) is 10.2. The number of carbonyl (C=O) groups excluding carboxylic acids is 1. The van der Waals surface area contributed by atoms with Crippen LogP contribution in [0.3, 0.4) is 0 Å². The van der Waals surface area contributed by atoms with Crippen LogP contribution in [0.25, 0.3) is 10.8 Å². The van der Waals surface area contributed by atoms with Crippen LogP contribution in [-0.4, -0.2) is 35.7 Å². The predicted octanol–water partition coefficient (Wildman–Crippen LogP) is 1.52. The molecule has 0 saturated heterocycles. The molecule has 0 amide bonds. The molecule has 1 aromatic carbocycles. The lowest BCUT2D eigenvalue weighted by molar-refractivity contribution is -0.134. The Hall–Kier alpha value is -2.63. The van der Waals surface area contributed by atoms with Gasteiger partial charge >= 0.3 is 11.9 Å². The fraction of sp³-hybridized carbons (Fsp3) is 0.154. The van der Waals surface area contributed by atoms with Crippen molar-refractivity contribution < 1.29 is 19.4 Å². The molecule has 0 atom stereocenters. The van der Waals surface area contributed by atoms with Crippen LogP contribution in [0.2, 0.25) is 0 Å². The van der Waals surface area contributed by atoms with E-state index in [2.05, 4.69) is 10.3 Å². The molecule has 6 nitrogen and oxygen atoms in total. The van der Waals surface area contributed by atoms with Crippen molar-refractivity contribution in [2.45, 2.75) is 0 Å². The Morgan fingerprint density at radius 1 is 1.37 bits per heavy atom. The number of anilines is 1. The summed E-state index contributed by atoms with van der Waals surface area (Å²) < 4.78 is 4.71. The van der Waals surface area contributed by atoms with E-state index in [1.54, 1.807) is 24.4 Å². The second-order valence-electron chi connectivity index (χ2n) is 3.80. The molecule has 0 spiro atoms. The number of fused-ring (bicyclic) bond motifs is 1. The molecule has 0 aliphatic carbocycles. The summed E-state index contributed by atoms with van der Waals surface area (Å²) in [5.41, 5.74) is 0.348. The number of carboxylic acids is 1. The molecule has 0 aliphatic heterocycles. The van der Waals surface area contributed by atoms with Gasteiger partial charge in [0.2, 0.25) is 0 Å². The van der Waals surface area contributed by atoms with Gasteiger partial charge in [0.25, 0.3) is 0 Å². The minimum absolute atomic E-state index is 0.276. The van der Waals surface area contributed by atoms with Gasteiger partial charge in [0, 0.05) is 11.6 Å². The molecule has 0 bridgehead atoms. The molecular formula is C13H12N2O4. The molecule has 2 aromatic rings. The molecule has 0 radical (unpaired) electrons. The van der Waals surface area contributed by atoms with Crippen LogP contribution in [0.5, 0.6) is 0 Å².